The Kier molecular flexibility index (Phi) is 5.06. The van der Waals surface area contributed by atoms with Gasteiger partial charge in [-0.1, -0.05) is 0 Å². The topological polar surface area (TPSA) is 52.5 Å². The van der Waals surface area contributed by atoms with E-state index in [-0.39, 0.29) is 11.9 Å². The zero-order chi connectivity index (χ0) is 13.1. The minimum atomic E-state index is -0.158. The number of benzene rings is 1. The van der Waals surface area contributed by atoms with Crippen molar-refractivity contribution in [3.05, 3.63) is 26.6 Å². The summed E-state index contributed by atoms with van der Waals surface area (Å²) in [5, 5.41) is 22.7. The molecular formula is C13H17Br2NO2. The Morgan fingerprint density at radius 2 is 1.89 bits per heavy atom. The lowest BCUT2D eigenvalue weighted by molar-refractivity contribution is 0.111. The number of halogens is 2. The first-order valence-electron chi connectivity index (χ1n) is 6.14. The zero-order valence-corrected chi connectivity index (χ0v) is 13.2. The van der Waals surface area contributed by atoms with E-state index in [2.05, 4.69) is 37.2 Å². The van der Waals surface area contributed by atoms with Gasteiger partial charge in [-0.3, -0.25) is 0 Å². The molecule has 0 saturated heterocycles. The molecule has 1 saturated carbocycles. The van der Waals surface area contributed by atoms with Gasteiger partial charge in [0.2, 0.25) is 0 Å². The maximum Gasteiger partial charge on any atom is 0.143 e. The monoisotopic (exact) mass is 377 g/mol. The molecule has 18 heavy (non-hydrogen) atoms. The molecular weight excluding hydrogens is 362 g/mol. The minimum Gasteiger partial charge on any atom is -0.506 e. The maximum absolute atomic E-state index is 9.64. The van der Waals surface area contributed by atoms with Crippen LogP contribution in [0.2, 0.25) is 0 Å². The van der Waals surface area contributed by atoms with Gasteiger partial charge in [-0.25, -0.2) is 0 Å². The van der Waals surface area contributed by atoms with Crippen LogP contribution in [-0.4, -0.2) is 22.4 Å². The Bertz CT molecular complexity index is 402. The van der Waals surface area contributed by atoms with E-state index in [4.69, 9.17) is 0 Å². The highest BCUT2D eigenvalue weighted by molar-refractivity contribution is 9.11. The molecule has 1 aromatic rings. The smallest absolute Gasteiger partial charge is 0.143 e. The molecule has 1 fully saturated rings. The number of rotatable bonds is 3. The molecule has 0 aliphatic heterocycles. The van der Waals surface area contributed by atoms with Gasteiger partial charge in [0.25, 0.3) is 0 Å². The predicted octanol–water partition coefficient (Wildman–Crippen LogP) is 3.31. The van der Waals surface area contributed by atoms with Crippen molar-refractivity contribution < 1.29 is 10.2 Å². The van der Waals surface area contributed by atoms with Crippen molar-refractivity contribution in [1.82, 2.24) is 5.32 Å². The normalized spacial score (nSPS) is 24.2. The van der Waals surface area contributed by atoms with Crippen molar-refractivity contribution in [1.29, 1.82) is 0 Å². The van der Waals surface area contributed by atoms with Crippen molar-refractivity contribution in [2.24, 2.45) is 0 Å². The first-order valence-corrected chi connectivity index (χ1v) is 7.73. The average Bonchev–Trinajstić information content (AvgIpc) is 2.33. The van der Waals surface area contributed by atoms with E-state index in [0.717, 1.165) is 37.8 Å². The second kappa shape index (κ2) is 6.37. The first kappa shape index (κ1) is 14.3. The zero-order valence-electron chi connectivity index (χ0n) is 10.00. The Hall–Kier alpha value is -0.100. The van der Waals surface area contributed by atoms with E-state index in [1.165, 1.54) is 0 Å². The van der Waals surface area contributed by atoms with Crippen LogP contribution < -0.4 is 5.32 Å². The van der Waals surface area contributed by atoms with Crippen LogP contribution in [0.25, 0.3) is 0 Å². The number of aromatic hydroxyl groups is 1. The second-order valence-electron chi connectivity index (χ2n) is 4.81. The molecule has 0 radical (unpaired) electrons. The molecule has 0 aromatic heterocycles. The summed E-state index contributed by atoms with van der Waals surface area (Å²) >= 11 is 6.65. The summed E-state index contributed by atoms with van der Waals surface area (Å²) in [6.45, 7) is 0.745. The van der Waals surface area contributed by atoms with Gasteiger partial charge >= 0.3 is 0 Å². The Morgan fingerprint density at radius 1 is 1.22 bits per heavy atom. The van der Waals surface area contributed by atoms with Crippen LogP contribution in [-0.2, 0) is 6.54 Å². The summed E-state index contributed by atoms with van der Waals surface area (Å²) < 4.78 is 1.38. The fourth-order valence-corrected chi connectivity index (χ4v) is 3.61. The molecule has 2 rings (SSSR count). The number of nitrogens with one attached hydrogen (secondary N) is 1. The van der Waals surface area contributed by atoms with Crippen LogP contribution in [0.15, 0.2) is 21.1 Å². The van der Waals surface area contributed by atoms with Gasteiger partial charge in [0.1, 0.15) is 5.75 Å². The molecule has 1 aromatic carbocycles. The molecule has 100 valence electrons. The lowest BCUT2D eigenvalue weighted by Gasteiger charge is -2.26. The number of hydrogen-bond donors (Lipinski definition) is 3. The molecule has 0 amide bonds. The minimum absolute atomic E-state index is 0.158. The van der Waals surface area contributed by atoms with Crippen molar-refractivity contribution in [3.63, 3.8) is 0 Å². The lowest BCUT2D eigenvalue weighted by atomic mass is 9.93. The van der Waals surface area contributed by atoms with Gasteiger partial charge < -0.3 is 15.5 Å². The van der Waals surface area contributed by atoms with Crippen LogP contribution in [0, 0.1) is 0 Å². The average molecular weight is 379 g/mol. The number of aliphatic hydroxyl groups excluding tert-OH is 1. The van der Waals surface area contributed by atoms with Gasteiger partial charge in [-0.15, -0.1) is 0 Å². The summed E-state index contributed by atoms with van der Waals surface area (Å²) in [5.41, 5.74) is 1.10. The van der Waals surface area contributed by atoms with Gasteiger partial charge in [-0.2, -0.15) is 0 Å². The van der Waals surface area contributed by atoms with Gasteiger partial charge in [0.15, 0.2) is 0 Å². The lowest BCUT2D eigenvalue weighted by Crippen LogP contribution is -2.35. The third-order valence-electron chi connectivity index (χ3n) is 3.32. The molecule has 0 heterocycles. The number of phenolic OH excluding ortho intramolecular Hbond substituents is 1. The molecule has 2 atom stereocenters. The van der Waals surface area contributed by atoms with Crippen molar-refractivity contribution in [3.8, 4) is 5.75 Å². The summed E-state index contributed by atoms with van der Waals surface area (Å²) in [6.07, 6.45) is 3.81. The fourth-order valence-electron chi connectivity index (χ4n) is 2.33. The molecule has 3 N–H and O–H groups in total. The molecule has 5 heteroatoms. The highest BCUT2D eigenvalue weighted by Gasteiger charge is 2.19. The van der Waals surface area contributed by atoms with E-state index in [0.29, 0.717) is 15.0 Å². The maximum atomic E-state index is 9.64. The van der Waals surface area contributed by atoms with Crippen molar-refractivity contribution in [2.45, 2.75) is 44.4 Å². The first-order chi connectivity index (χ1) is 8.56. The quantitative estimate of drug-likeness (QED) is 0.756. The molecule has 0 unspecified atom stereocenters. The van der Waals surface area contributed by atoms with Crippen LogP contribution in [0.1, 0.15) is 31.2 Å². The SMILES string of the molecule is Oc1c(Br)cc(CN[C@@H]2CCC[C@H](O)C2)cc1Br. The number of phenols is 1. The third kappa shape index (κ3) is 3.70. The molecule has 0 spiro atoms. The highest BCUT2D eigenvalue weighted by Crippen LogP contribution is 2.33. The summed E-state index contributed by atoms with van der Waals surface area (Å²) in [4.78, 5) is 0. The highest BCUT2D eigenvalue weighted by atomic mass is 79.9. The summed E-state index contributed by atoms with van der Waals surface area (Å²) in [7, 11) is 0. The van der Waals surface area contributed by atoms with E-state index < -0.39 is 0 Å². The number of aliphatic hydroxyl groups is 1. The van der Waals surface area contributed by atoms with Crippen LogP contribution >= 0.6 is 31.9 Å². The van der Waals surface area contributed by atoms with Crippen molar-refractivity contribution >= 4 is 31.9 Å². The van der Waals surface area contributed by atoms with E-state index in [9.17, 15) is 10.2 Å². The second-order valence-corrected chi connectivity index (χ2v) is 6.51. The van der Waals surface area contributed by atoms with Crippen LogP contribution in [0.5, 0.6) is 5.75 Å². The molecule has 3 nitrogen and oxygen atoms in total. The van der Waals surface area contributed by atoms with Gasteiger partial charge in [0.05, 0.1) is 15.0 Å². The number of hydrogen-bond acceptors (Lipinski definition) is 3. The standard InChI is InChI=1S/C13H17Br2NO2/c14-11-4-8(5-12(15)13(11)18)7-16-9-2-1-3-10(17)6-9/h4-5,9-10,16-18H,1-3,6-7H2/t9-,10+/m1/s1. The van der Waals surface area contributed by atoms with Gasteiger partial charge in [-0.05, 0) is 75.2 Å². The van der Waals surface area contributed by atoms with Crippen LogP contribution in [0.4, 0.5) is 0 Å². The third-order valence-corrected chi connectivity index (χ3v) is 4.53. The van der Waals surface area contributed by atoms with Gasteiger partial charge in [0, 0.05) is 12.6 Å². The van der Waals surface area contributed by atoms with E-state index >= 15 is 0 Å². The summed E-state index contributed by atoms with van der Waals surface area (Å²) in [5.74, 6) is 0.229. The molecule has 1 aliphatic rings. The van der Waals surface area contributed by atoms with Crippen molar-refractivity contribution in [2.75, 3.05) is 0 Å². The Balaban J connectivity index is 1.94. The van der Waals surface area contributed by atoms with E-state index in [1.54, 1.807) is 0 Å². The predicted molar refractivity (Wildman–Crippen MR) is 78.6 cm³/mol. The summed E-state index contributed by atoms with van der Waals surface area (Å²) in [6, 6.07) is 4.21. The molecule has 1 aliphatic carbocycles. The largest absolute Gasteiger partial charge is 0.506 e. The Morgan fingerprint density at radius 3 is 2.50 bits per heavy atom. The van der Waals surface area contributed by atoms with E-state index in [1.807, 2.05) is 12.1 Å². The fraction of sp³-hybridized carbons (Fsp3) is 0.538. The molecule has 0 bridgehead atoms. The van der Waals surface area contributed by atoms with Crippen LogP contribution in [0.3, 0.4) is 0 Å². The Labute approximate surface area is 124 Å².